The molecule has 1 saturated heterocycles. The van der Waals surface area contributed by atoms with E-state index in [1.54, 1.807) is 6.92 Å². The van der Waals surface area contributed by atoms with Crippen LogP contribution in [0.1, 0.15) is 13.3 Å². The van der Waals surface area contributed by atoms with Crippen LogP contribution in [-0.4, -0.2) is 46.0 Å². The molecule has 4 N–H and O–H groups in total. The van der Waals surface area contributed by atoms with E-state index in [4.69, 9.17) is 14.9 Å². The Kier molecular flexibility index (Phi) is 3.07. The van der Waals surface area contributed by atoms with Crippen molar-refractivity contribution < 1.29 is 24.9 Å². The topological polar surface area (TPSA) is 99.0 Å². The van der Waals surface area contributed by atoms with E-state index in [0.717, 1.165) is 0 Å². The van der Waals surface area contributed by atoms with Gasteiger partial charge in [0.05, 0.1) is 12.1 Å². The van der Waals surface area contributed by atoms with Crippen LogP contribution >= 0.6 is 0 Å². The van der Waals surface area contributed by atoms with E-state index >= 15 is 0 Å². The minimum absolute atomic E-state index is 0.0673. The highest BCUT2D eigenvalue weighted by atomic mass is 16.6. The van der Waals surface area contributed by atoms with Gasteiger partial charge in [0.25, 0.3) is 0 Å². The SMILES string of the molecule is C[C@@H]1O[C@@H](O)C[C@H](NC(=O)O)[C@@H]1O. The summed E-state index contributed by atoms with van der Waals surface area (Å²) in [5.74, 6) is 0. The molecule has 0 aromatic rings. The molecular weight excluding hydrogens is 178 g/mol. The lowest BCUT2D eigenvalue weighted by Gasteiger charge is -2.35. The number of hydrogen-bond donors (Lipinski definition) is 4. The molecular formula is C7H13NO5. The number of rotatable bonds is 1. The summed E-state index contributed by atoms with van der Waals surface area (Å²) in [6, 6.07) is -0.670. The molecule has 13 heavy (non-hydrogen) atoms. The number of aliphatic hydroxyl groups is 2. The van der Waals surface area contributed by atoms with Crippen molar-refractivity contribution in [2.75, 3.05) is 0 Å². The fourth-order valence-corrected chi connectivity index (χ4v) is 1.37. The Labute approximate surface area is 75.1 Å². The number of hydrogen-bond acceptors (Lipinski definition) is 4. The predicted molar refractivity (Wildman–Crippen MR) is 42.1 cm³/mol. The second kappa shape index (κ2) is 3.91. The van der Waals surface area contributed by atoms with Crippen molar-refractivity contribution in [3.8, 4) is 0 Å². The van der Waals surface area contributed by atoms with E-state index in [1.807, 2.05) is 0 Å². The van der Waals surface area contributed by atoms with Gasteiger partial charge in [-0.1, -0.05) is 0 Å². The first-order chi connectivity index (χ1) is 6.00. The molecule has 76 valence electrons. The molecule has 1 aliphatic heterocycles. The maximum Gasteiger partial charge on any atom is 0.404 e. The van der Waals surface area contributed by atoms with Crippen molar-refractivity contribution in [1.82, 2.24) is 5.32 Å². The Morgan fingerprint density at radius 3 is 2.69 bits per heavy atom. The lowest BCUT2D eigenvalue weighted by Crippen LogP contribution is -2.54. The maximum absolute atomic E-state index is 10.3. The molecule has 0 aliphatic carbocycles. The number of ether oxygens (including phenoxy) is 1. The van der Waals surface area contributed by atoms with E-state index in [0.29, 0.717) is 0 Å². The third-order valence-corrected chi connectivity index (χ3v) is 2.03. The van der Waals surface area contributed by atoms with Crippen molar-refractivity contribution in [3.63, 3.8) is 0 Å². The number of aliphatic hydroxyl groups excluding tert-OH is 2. The summed E-state index contributed by atoms with van der Waals surface area (Å²) in [5.41, 5.74) is 0. The first kappa shape index (κ1) is 10.2. The molecule has 0 bridgehead atoms. The van der Waals surface area contributed by atoms with Gasteiger partial charge in [-0.25, -0.2) is 4.79 Å². The Morgan fingerprint density at radius 2 is 2.15 bits per heavy atom. The van der Waals surface area contributed by atoms with Gasteiger partial charge in [0.2, 0.25) is 0 Å². The molecule has 0 radical (unpaired) electrons. The standard InChI is InChI=1S/C7H13NO5/c1-3-6(10)4(8-7(11)12)2-5(9)13-3/h3-6,8-10H,2H2,1H3,(H,11,12)/t3-,4-,5+,6+/m0/s1. The molecule has 1 heterocycles. The van der Waals surface area contributed by atoms with Crippen LogP contribution in [0, 0.1) is 0 Å². The van der Waals surface area contributed by atoms with E-state index in [1.165, 1.54) is 0 Å². The van der Waals surface area contributed by atoms with Gasteiger partial charge in [0, 0.05) is 6.42 Å². The van der Waals surface area contributed by atoms with Crippen LogP contribution in [0.3, 0.4) is 0 Å². The second-order valence-electron chi connectivity index (χ2n) is 3.08. The molecule has 0 aromatic carbocycles. The predicted octanol–water partition coefficient (Wildman–Crippen LogP) is -0.889. The van der Waals surface area contributed by atoms with E-state index < -0.39 is 30.6 Å². The van der Waals surface area contributed by atoms with Gasteiger partial charge < -0.3 is 25.4 Å². The van der Waals surface area contributed by atoms with E-state index in [2.05, 4.69) is 5.32 Å². The third kappa shape index (κ3) is 2.55. The summed E-state index contributed by atoms with van der Waals surface area (Å²) in [6.45, 7) is 1.57. The highest BCUT2D eigenvalue weighted by Gasteiger charge is 2.35. The van der Waals surface area contributed by atoms with Crippen molar-refractivity contribution >= 4 is 6.09 Å². The summed E-state index contributed by atoms with van der Waals surface area (Å²) in [7, 11) is 0. The lowest BCUT2D eigenvalue weighted by atomic mass is 10.00. The highest BCUT2D eigenvalue weighted by molar-refractivity contribution is 5.64. The number of carboxylic acid groups (broad SMARTS) is 1. The fourth-order valence-electron chi connectivity index (χ4n) is 1.37. The van der Waals surface area contributed by atoms with Crippen molar-refractivity contribution in [1.29, 1.82) is 0 Å². The van der Waals surface area contributed by atoms with Gasteiger partial charge in [0.1, 0.15) is 6.10 Å². The molecule has 0 unspecified atom stereocenters. The molecule has 1 aliphatic rings. The third-order valence-electron chi connectivity index (χ3n) is 2.03. The molecule has 0 saturated carbocycles. The number of nitrogens with one attached hydrogen (secondary N) is 1. The summed E-state index contributed by atoms with van der Waals surface area (Å²) in [5, 5.41) is 29.1. The zero-order valence-corrected chi connectivity index (χ0v) is 7.17. The molecule has 1 amide bonds. The van der Waals surface area contributed by atoms with Gasteiger partial charge in [-0.05, 0) is 6.92 Å². The van der Waals surface area contributed by atoms with E-state index in [9.17, 15) is 9.90 Å². The summed E-state index contributed by atoms with van der Waals surface area (Å²) in [4.78, 5) is 10.3. The highest BCUT2D eigenvalue weighted by Crippen LogP contribution is 2.18. The Bertz CT molecular complexity index is 197. The minimum atomic E-state index is -1.22. The van der Waals surface area contributed by atoms with Crippen molar-refractivity contribution in [2.24, 2.45) is 0 Å². The van der Waals surface area contributed by atoms with Crippen LogP contribution in [0.5, 0.6) is 0 Å². The fraction of sp³-hybridized carbons (Fsp3) is 0.857. The number of amides is 1. The molecule has 1 rings (SSSR count). The smallest absolute Gasteiger partial charge is 0.404 e. The van der Waals surface area contributed by atoms with Crippen LogP contribution in [0.2, 0.25) is 0 Å². The molecule has 6 nitrogen and oxygen atoms in total. The summed E-state index contributed by atoms with van der Waals surface area (Å²) >= 11 is 0. The molecule has 6 heteroatoms. The van der Waals surface area contributed by atoms with Crippen LogP contribution in [0.25, 0.3) is 0 Å². The maximum atomic E-state index is 10.3. The van der Waals surface area contributed by atoms with E-state index in [-0.39, 0.29) is 6.42 Å². The second-order valence-corrected chi connectivity index (χ2v) is 3.08. The Morgan fingerprint density at radius 1 is 1.54 bits per heavy atom. The van der Waals surface area contributed by atoms with Gasteiger partial charge in [-0.3, -0.25) is 0 Å². The Hall–Kier alpha value is -0.850. The van der Waals surface area contributed by atoms with Gasteiger partial charge >= 0.3 is 6.09 Å². The van der Waals surface area contributed by atoms with Crippen LogP contribution in [0.15, 0.2) is 0 Å². The zero-order chi connectivity index (χ0) is 10.0. The molecule has 0 aromatic heterocycles. The van der Waals surface area contributed by atoms with Crippen LogP contribution in [-0.2, 0) is 4.74 Å². The quantitative estimate of drug-likeness (QED) is 0.431. The van der Waals surface area contributed by atoms with Crippen molar-refractivity contribution in [3.05, 3.63) is 0 Å². The zero-order valence-electron chi connectivity index (χ0n) is 7.17. The monoisotopic (exact) mass is 191 g/mol. The largest absolute Gasteiger partial charge is 0.465 e. The first-order valence-corrected chi connectivity index (χ1v) is 4.01. The summed E-state index contributed by atoms with van der Waals surface area (Å²) < 4.78 is 4.88. The lowest BCUT2D eigenvalue weighted by molar-refractivity contribution is -0.201. The van der Waals surface area contributed by atoms with Gasteiger partial charge in [-0.15, -0.1) is 0 Å². The number of carbonyl (C=O) groups is 1. The minimum Gasteiger partial charge on any atom is -0.465 e. The van der Waals surface area contributed by atoms with Gasteiger partial charge in [0.15, 0.2) is 6.29 Å². The van der Waals surface area contributed by atoms with Crippen molar-refractivity contribution in [2.45, 2.75) is 37.9 Å². The Balaban J connectivity index is 2.55. The summed E-state index contributed by atoms with van der Waals surface area (Å²) in [6.07, 6.45) is -3.65. The average molecular weight is 191 g/mol. The molecule has 1 fully saturated rings. The normalized spacial score (nSPS) is 39.9. The van der Waals surface area contributed by atoms with Crippen LogP contribution in [0.4, 0.5) is 4.79 Å². The molecule has 4 atom stereocenters. The first-order valence-electron chi connectivity index (χ1n) is 4.01. The van der Waals surface area contributed by atoms with Crippen LogP contribution < -0.4 is 5.32 Å². The van der Waals surface area contributed by atoms with Gasteiger partial charge in [-0.2, -0.15) is 0 Å². The average Bonchev–Trinajstić information content (AvgIpc) is 1.98. The molecule has 0 spiro atoms.